The summed E-state index contributed by atoms with van der Waals surface area (Å²) in [5, 5.41) is 0.384. The predicted molar refractivity (Wildman–Crippen MR) is 104 cm³/mol. The van der Waals surface area contributed by atoms with E-state index >= 15 is 0 Å². The van der Waals surface area contributed by atoms with Gasteiger partial charge in [-0.2, -0.15) is 17.5 Å². The minimum Gasteiger partial charge on any atom is -0.379 e. The third kappa shape index (κ3) is 3.62. The van der Waals surface area contributed by atoms with Crippen LogP contribution in [0.15, 0.2) is 47.4 Å². The van der Waals surface area contributed by atoms with Crippen LogP contribution in [-0.2, 0) is 20.9 Å². The van der Waals surface area contributed by atoms with Crippen molar-refractivity contribution in [3.8, 4) is 11.3 Å². The van der Waals surface area contributed by atoms with E-state index in [1.165, 1.54) is 28.6 Å². The van der Waals surface area contributed by atoms with E-state index in [4.69, 9.17) is 4.74 Å². The smallest absolute Gasteiger partial charge is 0.379 e. The summed E-state index contributed by atoms with van der Waals surface area (Å²) in [5.74, 6) is 0. The van der Waals surface area contributed by atoms with Crippen LogP contribution in [-0.4, -0.2) is 50.3 Å². The van der Waals surface area contributed by atoms with Gasteiger partial charge in [0, 0.05) is 29.6 Å². The van der Waals surface area contributed by atoms with E-state index in [0.29, 0.717) is 41.7 Å². The van der Waals surface area contributed by atoms with Crippen molar-refractivity contribution in [3.05, 3.63) is 53.6 Å². The Labute approximate surface area is 170 Å². The molecule has 1 aliphatic heterocycles. The van der Waals surface area contributed by atoms with Crippen LogP contribution >= 0.6 is 0 Å². The molecular formula is C20H17F3N2O4S. The molecule has 0 spiro atoms. The zero-order valence-corrected chi connectivity index (χ0v) is 16.4. The number of nitrogens with one attached hydrogen (secondary N) is 1. The molecule has 10 heteroatoms. The Morgan fingerprint density at radius 2 is 1.70 bits per heavy atom. The molecule has 6 nitrogen and oxygen atoms in total. The highest BCUT2D eigenvalue weighted by molar-refractivity contribution is 7.89. The van der Waals surface area contributed by atoms with Crippen LogP contribution in [0.25, 0.3) is 22.2 Å². The second-order valence-electron chi connectivity index (χ2n) is 6.83. The Morgan fingerprint density at radius 1 is 1.03 bits per heavy atom. The van der Waals surface area contributed by atoms with Gasteiger partial charge in [0.25, 0.3) is 0 Å². The van der Waals surface area contributed by atoms with Crippen molar-refractivity contribution in [2.75, 3.05) is 26.3 Å². The molecule has 0 amide bonds. The summed E-state index contributed by atoms with van der Waals surface area (Å²) in [7, 11) is -3.76. The SMILES string of the molecule is O=Cc1c(-c2ccc(C(F)(F)F)cc2)[nH]c2ccc(S(=O)(=O)N3CCOCC3)cc12. The Kier molecular flexibility index (Phi) is 5.16. The van der Waals surface area contributed by atoms with Crippen molar-refractivity contribution in [1.82, 2.24) is 9.29 Å². The van der Waals surface area contributed by atoms with E-state index in [1.54, 1.807) is 6.07 Å². The number of carbonyl (C=O) groups excluding carboxylic acids is 1. The topological polar surface area (TPSA) is 79.5 Å². The largest absolute Gasteiger partial charge is 0.416 e. The Morgan fingerprint density at radius 3 is 2.30 bits per heavy atom. The number of aromatic amines is 1. The number of hydrogen-bond acceptors (Lipinski definition) is 4. The van der Waals surface area contributed by atoms with E-state index in [1.807, 2.05) is 0 Å². The molecule has 1 N–H and O–H groups in total. The van der Waals surface area contributed by atoms with Crippen LogP contribution in [0.4, 0.5) is 13.2 Å². The first kappa shape index (κ1) is 20.6. The van der Waals surface area contributed by atoms with E-state index in [-0.39, 0.29) is 23.5 Å². The van der Waals surface area contributed by atoms with Crippen molar-refractivity contribution < 1.29 is 31.1 Å². The fourth-order valence-corrected chi connectivity index (χ4v) is 4.90. The third-order valence-electron chi connectivity index (χ3n) is 5.04. The lowest BCUT2D eigenvalue weighted by atomic mass is 10.0. The summed E-state index contributed by atoms with van der Waals surface area (Å²) in [4.78, 5) is 14.8. The predicted octanol–water partition coefficient (Wildman–Crippen LogP) is 3.69. The molecule has 1 fully saturated rings. The number of hydrogen-bond donors (Lipinski definition) is 1. The van der Waals surface area contributed by atoms with Gasteiger partial charge in [0.15, 0.2) is 6.29 Å². The molecule has 0 unspecified atom stereocenters. The monoisotopic (exact) mass is 438 g/mol. The Balaban J connectivity index is 1.78. The number of aromatic nitrogens is 1. The molecule has 0 aliphatic carbocycles. The lowest BCUT2D eigenvalue weighted by Crippen LogP contribution is -2.40. The zero-order chi connectivity index (χ0) is 21.5. The molecule has 2 aromatic carbocycles. The molecule has 3 aromatic rings. The number of benzene rings is 2. The fraction of sp³-hybridized carbons (Fsp3) is 0.250. The highest BCUT2D eigenvalue weighted by Crippen LogP contribution is 2.34. The van der Waals surface area contributed by atoms with Gasteiger partial charge in [-0.25, -0.2) is 8.42 Å². The van der Waals surface area contributed by atoms with E-state index in [2.05, 4.69) is 4.98 Å². The number of carbonyl (C=O) groups is 1. The summed E-state index contributed by atoms with van der Waals surface area (Å²) < 4.78 is 70.8. The van der Waals surface area contributed by atoms with E-state index in [9.17, 15) is 26.4 Å². The van der Waals surface area contributed by atoms with Crippen LogP contribution in [0.1, 0.15) is 15.9 Å². The molecular weight excluding hydrogens is 421 g/mol. The van der Waals surface area contributed by atoms with Crippen LogP contribution in [0.3, 0.4) is 0 Å². The van der Waals surface area contributed by atoms with Gasteiger partial charge < -0.3 is 9.72 Å². The third-order valence-corrected chi connectivity index (χ3v) is 6.93. The number of ether oxygens (including phenoxy) is 1. The van der Waals surface area contributed by atoms with Gasteiger partial charge in [0.1, 0.15) is 0 Å². The van der Waals surface area contributed by atoms with Crippen molar-refractivity contribution in [3.63, 3.8) is 0 Å². The second kappa shape index (κ2) is 7.53. The van der Waals surface area contributed by atoms with Gasteiger partial charge >= 0.3 is 6.18 Å². The molecule has 30 heavy (non-hydrogen) atoms. The number of alkyl halides is 3. The normalized spacial score (nSPS) is 16.1. The lowest BCUT2D eigenvalue weighted by molar-refractivity contribution is -0.137. The first-order valence-electron chi connectivity index (χ1n) is 9.08. The number of fused-ring (bicyclic) bond motifs is 1. The summed E-state index contributed by atoms with van der Waals surface area (Å²) in [5.41, 5.74) is 0.610. The van der Waals surface area contributed by atoms with Gasteiger partial charge in [-0.3, -0.25) is 4.79 Å². The maximum absolute atomic E-state index is 12.9. The first-order valence-corrected chi connectivity index (χ1v) is 10.5. The minimum absolute atomic E-state index is 0.0398. The molecule has 158 valence electrons. The Bertz CT molecular complexity index is 1200. The summed E-state index contributed by atoms with van der Waals surface area (Å²) >= 11 is 0. The lowest BCUT2D eigenvalue weighted by Gasteiger charge is -2.26. The van der Waals surface area contributed by atoms with Crippen LogP contribution in [0, 0.1) is 0 Å². The molecule has 1 aromatic heterocycles. The number of halogens is 3. The van der Waals surface area contributed by atoms with Crippen molar-refractivity contribution in [2.45, 2.75) is 11.1 Å². The van der Waals surface area contributed by atoms with E-state index < -0.39 is 21.8 Å². The number of sulfonamides is 1. The molecule has 2 heterocycles. The molecule has 0 bridgehead atoms. The Hall–Kier alpha value is -2.69. The first-order chi connectivity index (χ1) is 14.2. The number of rotatable bonds is 4. The zero-order valence-electron chi connectivity index (χ0n) is 15.6. The number of morpholine rings is 1. The fourth-order valence-electron chi connectivity index (χ4n) is 3.46. The maximum atomic E-state index is 12.9. The summed E-state index contributed by atoms with van der Waals surface area (Å²) in [6.45, 7) is 1.10. The summed E-state index contributed by atoms with van der Waals surface area (Å²) in [6, 6.07) is 8.80. The average molecular weight is 438 g/mol. The quantitative estimate of drug-likeness (QED) is 0.631. The highest BCUT2D eigenvalue weighted by atomic mass is 32.2. The number of H-pyrrole nitrogens is 1. The summed E-state index contributed by atoms with van der Waals surface area (Å²) in [6.07, 6.45) is -3.90. The number of nitrogens with zero attached hydrogens (tertiary/aromatic N) is 1. The van der Waals surface area contributed by atoms with Gasteiger partial charge in [-0.05, 0) is 35.9 Å². The van der Waals surface area contributed by atoms with Gasteiger partial charge in [-0.1, -0.05) is 12.1 Å². The molecule has 1 aliphatic rings. The second-order valence-corrected chi connectivity index (χ2v) is 8.77. The van der Waals surface area contributed by atoms with Gasteiger partial charge in [-0.15, -0.1) is 0 Å². The van der Waals surface area contributed by atoms with Crippen LogP contribution < -0.4 is 0 Å². The highest BCUT2D eigenvalue weighted by Gasteiger charge is 2.30. The maximum Gasteiger partial charge on any atom is 0.416 e. The molecule has 0 atom stereocenters. The average Bonchev–Trinajstić information content (AvgIpc) is 3.11. The van der Waals surface area contributed by atoms with Crippen molar-refractivity contribution in [1.29, 1.82) is 0 Å². The minimum atomic E-state index is -4.46. The van der Waals surface area contributed by atoms with Crippen molar-refractivity contribution in [2.24, 2.45) is 0 Å². The van der Waals surface area contributed by atoms with Crippen LogP contribution in [0.2, 0.25) is 0 Å². The van der Waals surface area contributed by atoms with E-state index in [0.717, 1.165) is 12.1 Å². The molecule has 0 saturated carbocycles. The van der Waals surface area contributed by atoms with Crippen LogP contribution in [0.5, 0.6) is 0 Å². The molecule has 0 radical (unpaired) electrons. The van der Waals surface area contributed by atoms with Gasteiger partial charge in [0.2, 0.25) is 10.0 Å². The molecule has 1 saturated heterocycles. The van der Waals surface area contributed by atoms with Crippen molar-refractivity contribution >= 4 is 27.2 Å². The standard InChI is InChI=1S/C20H17F3N2O4S/c21-20(22,23)14-3-1-13(2-4-14)19-17(12-26)16-11-15(5-6-18(16)24-19)30(27,28)25-7-9-29-10-8-25/h1-6,11-12,24H,7-10H2. The molecule has 4 rings (SSSR count). The van der Waals surface area contributed by atoms with Gasteiger partial charge in [0.05, 0.1) is 29.4 Å². The number of aldehydes is 1.